The molecule has 3 unspecified atom stereocenters. The van der Waals surface area contributed by atoms with Crippen molar-refractivity contribution >= 4 is 15.9 Å². The molecule has 0 aromatic carbocycles. The van der Waals surface area contributed by atoms with Gasteiger partial charge < -0.3 is 0 Å². The Morgan fingerprint density at radius 3 is 2.93 bits per heavy atom. The molecule has 0 nitrogen and oxygen atoms in total. The Hall–Kier alpha value is 0.220. The number of fused-ring (bicyclic) bond motifs is 1. The summed E-state index contributed by atoms with van der Waals surface area (Å²) in [6.45, 7) is 4.90. The van der Waals surface area contributed by atoms with Gasteiger partial charge in [-0.2, -0.15) is 0 Å². The normalized spacial score (nSPS) is 45.5. The maximum absolute atomic E-state index is 3.55. The summed E-state index contributed by atoms with van der Waals surface area (Å²) in [7, 11) is 0. The fraction of sp³-hybridized carbons (Fsp3) is 0.846. The summed E-state index contributed by atoms with van der Waals surface area (Å²) in [5.74, 6) is 1.87. The van der Waals surface area contributed by atoms with Gasteiger partial charge in [-0.15, -0.1) is 0 Å². The largest absolute Gasteiger partial charge is 0.0651 e. The Balaban J connectivity index is 2.25. The number of hydrogen-bond donors (Lipinski definition) is 0. The van der Waals surface area contributed by atoms with E-state index in [2.05, 4.69) is 34.8 Å². The summed E-state index contributed by atoms with van der Waals surface area (Å²) in [6, 6.07) is 0. The summed E-state index contributed by atoms with van der Waals surface area (Å²) in [6.07, 6.45) is 8.47. The Kier molecular flexibility index (Phi) is 3.06. The predicted molar refractivity (Wildman–Crippen MR) is 65.5 cm³/mol. The van der Waals surface area contributed by atoms with Gasteiger partial charge >= 0.3 is 0 Å². The highest BCUT2D eigenvalue weighted by atomic mass is 79.9. The van der Waals surface area contributed by atoms with Gasteiger partial charge in [0.05, 0.1) is 0 Å². The molecule has 2 aliphatic carbocycles. The van der Waals surface area contributed by atoms with Crippen molar-refractivity contribution in [2.75, 3.05) is 0 Å². The van der Waals surface area contributed by atoms with Crippen LogP contribution in [-0.4, -0.2) is 0 Å². The summed E-state index contributed by atoms with van der Waals surface area (Å²) in [5, 5.41) is 0. The van der Waals surface area contributed by atoms with Crippen LogP contribution in [-0.2, 0) is 0 Å². The van der Waals surface area contributed by atoms with Crippen LogP contribution in [0.2, 0.25) is 0 Å². The lowest BCUT2D eigenvalue weighted by Gasteiger charge is -2.42. The molecule has 80 valence electrons. The molecule has 2 rings (SSSR count). The van der Waals surface area contributed by atoms with Crippen molar-refractivity contribution < 1.29 is 0 Å². The van der Waals surface area contributed by atoms with Gasteiger partial charge in [-0.3, -0.25) is 0 Å². The van der Waals surface area contributed by atoms with E-state index in [1.165, 1.54) is 38.5 Å². The van der Waals surface area contributed by atoms with Gasteiger partial charge in [-0.1, -0.05) is 41.8 Å². The SMILES string of the molecule is CCC1CCC2/C(=C/Br)CCCC12C. The Labute approximate surface area is 96.3 Å². The highest BCUT2D eigenvalue weighted by molar-refractivity contribution is 9.11. The lowest BCUT2D eigenvalue weighted by molar-refractivity contribution is 0.133. The van der Waals surface area contributed by atoms with Gasteiger partial charge in [0.2, 0.25) is 0 Å². The first-order chi connectivity index (χ1) is 6.72. The molecule has 0 radical (unpaired) electrons. The Bertz CT molecular complexity index is 244. The van der Waals surface area contributed by atoms with Gasteiger partial charge in [0.25, 0.3) is 0 Å². The van der Waals surface area contributed by atoms with E-state index in [1.54, 1.807) is 5.57 Å². The van der Waals surface area contributed by atoms with Crippen LogP contribution in [0.3, 0.4) is 0 Å². The van der Waals surface area contributed by atoms with E-state index in [0.29, 0.717) is 5.41 Å². The zero-order valence-corrected chi connectivity index (χ0v) is 10.9. The van der Waals surface area contributed by atoms with Crippen molar-refractivity contribution in [3.8, 4) is 0 Å². The topological polar surface area (TPSA) is 0 Å². The van der Waals surface area contributed by atoms with E-state index in [1.807, 2.05) is 0 Å². The summed E-state index contributed by atoms with van der Waals surface area (Å²) < 4.78 is 0. The van der Waals surface area contributed by atoms with Gasteiger partial charge in [-0.05, 0) is 54.3 Å². The fourth-order valence-electron chi connectivity index (χ4n) is 3.95. The van der Waals surface area contributed by atoms with Crippen molar-refractivity contribution in [3.05, 3.63) is 10.6 Å². The van der Waals surface area contributed by atoms with Crippen LogP contribution in [0.1, 0.15) is 52.4 Å². The molecule has 2 saturated carbocycles. The molecule has 1 heteroatoms. The zero-order valence-electron chi connectivity index (χ0n) is 9.35. The highest BCUT2D eigenvalue weighted by Crippen LogP contribution is 2.58. The average molecular weight is 257 g/mol. The first-order valence-corrected chi connectivity index (χ1v) is 6.93. The molecule has 2 fully saturated rings. The minimum Gasteiger partial charge on any atom is -0.0651 e. The molecule has 0 saturated heterocycles. The van der Waals surface area contributed by atoms with Crippen LogP contribution >= 0.6 is 15.9 Å². The smallest absolute Gasteiger partial charge is 0.0138 e. The Morgan fingerprint density at radius 1 is 1.50 bits per heavy atom. The summed E-state index contributed by atoms with van der Waals surface area (Å²) in [4.78, 5) is 2.22. The summed E-state index contributed by atoms with van der Waals surface area (Å²) >= 11 is 3.55. The molecule has 0 spiro atoms. The highest BCUT2D eigenvalue weighted by Gasteiger charge is 2.48. The van der Waals surface area contributed by atoms with Crippen molar-refractivity contribution in [2.24, 2.45) is 17.3 Å². The van der Waals surface area contributed by atoms with E-state index >= 15 is 0 Å². The second-order valence-corrected chi connectivity index (χ2v) is 5.74. The van der Waals surface area contributed by atoms with E-state index in [9.17, 15) is 0 Å². The van der Waals surface area contributed by atoms with E-state index in [4.69, 9.17) is 0 Å². The first-order valence-electron chi connectivity index (χ1n) is 6.01. The van der Waals surface area contributed by atoms with Crippen LogP contribution in [0.25, 0.3) is 0 Å². The van der Waals surface area contributed by atoms with Crippen LogP contribution in [0.5, 0.6) is 0 Å². The van der Waals surface area contributed by atoms with Crippen LogP contribution in [0, 0.1) is 17.3 Å². The molecule has 0 aliphatic heterocycles. The summed E-state index contributed by atoms with van der Waals surface area (Å²) in [5.41, 5.74) is 2.32. The molecule has 0 heterocycles. The lowest BCUT2D eigenvalue weighted by Crippen LogP contribution is -2.32. The van der Waals surface area contributed by atoms with Gasteiger partial charge in [-0.25, -0.2) is 0 Å². The van der Waals surface area contributed by atoms with Crippen molar-refractivity contribution in [1.29, 1.82) is 0 Å². The number of rotatable bonds is 1. The van der Waals surface area contributed by atoms with Crippen LogP contribution < -0.4 is 0 Å². The molecule has 0 bridgehead atoms. The van der Waals surface area contributed by atoms with Crippen molar-refractivity contribution in [2.45, 2.75) is 52.4 Å². The molecular formula is C13H21Br. The Morgan fingerprint density at radius 2 is 2.29 bits per heavy atom. The minimum atomic E-state index is 0.632. The molecule has 2 aliphatic rings. The van der Waals surface area contributed by atoms with Gasteiger partial charge in [0.15, 0.2) is 0 Å². The number of allylic oxidation sites excluding steroid dienone is 1. The van der Waals surface area contributed by atoms with E-state index in [0.717, 1.165) is 11.8 Å². The predicted octanol–water partition coefficient (Wildman–Crippen LogP) is 4.89. The van der Waals surface area contributed by atoms with Crippen molar-refractivity contribution in [1.82, 2.24) is 0 Å². The molecule has 0 amide bonds. The molecule has 0 aromatic heterocycles. The lowest BCUT2D eigenvalue weighted by atomic mass is 9.63. The van der Waals surface area contributed by atoms with Gasteiger partial charge in [0.1, 0.15) is 0 Å². The quantitative estimate of drug-likeness (QED) is 0.627. The average Bonchev–Trinajstić information content (AvgIpc) is 2.53. The third-order valence-electron chi connectivity index (χ3n) is 4.79. The minimum absolute atomic E-state index is 0.632. The fourth-order valence-corrected chi connectivity index (χ4v) is 4.50. The third-order valence-corrected chi connectivity index (χ3v) is 5.38. The monoisotopic (exact) mass is 256 g/mol. The molecular weight excluding hydrogens is 236 g/mol. The van der Waals surface area contributed by atoms with E-state index in [-0.39, 0.29) is 0 Å². The standard InChI is InChI=1S/C13H21Br/c1-3-11-6-7-12-10(9-14)5-4-8-13(11,12)2/h9,11-12H,3-8H2,1-2H3/b10-9+. The maximum atomic E-state index is 3.55. The van der Waals surface area contributed by atoms with Gasteiger partial charge in [0, 0.05) is 0 Å². The number of hydrogen-bond acceptors (Lipinski definition) is 0. The molecule has 14 heavy (non-hydrogen) atoms. The molecule has 3 atom stereocenters. The third kappa shape index (κ3) is 1.48. The van der Waals surface area contributed by atoms with Crippen molar-refractivity contribution in [3.63, 3.8) is 0 Å². The van der Waals surface area contributed by atoms with E-state index < -0.39 is 0 Å². The maximum Gasteiger partial charge on any atom is -0.0138 e. The molecule has 0 N–H and O–H groups in total. The molecule has 0 aromatic rings. The van der Waals surface area contributed by atoms with Crippen LogP contribution in [0.4, 0.5) is 0 Å². The zero-order chi connectivity index (χ0) is 10.2. The van der Waals surface area contributed by atoms with Crippen LogP contribution in [0.15, 0.2) is 10.6 Å². The second kappa shape index (κ2) is 4.00. The number of halogens is 1. The first kappa shape index (κ1) is 10.7. The second-order valence-electron chi connectivity index (χ2n) is 5.28.